The molecule has 3 aliphatic rings. The molecule has 1 aliphatic carbocycles. The van der Waals surface area contributed by atoms with Crippen molar-refractivity contribution in [1.29, 1.82) is 0 Å². The van der Waals surface area contributed by atoms with Gasteiger partial charge in [-0.3, -0.25) is 15.1 Å². The largest absolute Gasteiger partial charge is 0.298 e. The molecular formula is C19H22N4OS. The van der Waals surface area contributed by atoms with Gasteiger partial charge < -0.3 is 0 Å². The van der Waals surface area contributed by atoms with Gasteiger partial charge >= 0.3 is 0 Å². The maximum absolute atomic E-state index is 12.8. The minimum absolute atomic E-state index is 0.0955. The van der Waals surface area contributed by atoms with Crippen LogP contribution < -0.4 is 15.9 Å². The molecule has 0 unspecified atom stereocenters. The molecular weight excluding hydrogens is 332 g/mol. The molecule has 25 heavy (non-hydrogen) atoms. The summed E-state index contributed by atoms with van der Waals surface area (Å²) in [4.78, 5) is 17.8. The van der Waals surface area contributed by atoms with E-state index in [1.807, 2.05) is 35.5 Å². The van der Waals surface area contributed by atoms with Crippen molar-refractivity contribution >= 4 is 28.5 Å². The monoisotopic (exact) mass is 354 g/mol. The molecule has 0 saturated carbocycles. The van der Waals surface area contributed by atoms with E-state index in [0.29, 0.717) is 22.7 Å². The van der Waals surface area contributed by atoms with Crippen molar-refractivity contribution < 1.29 is 4.79 Å². The van der Waals surface area contributed by atoms with Crippen LogP contribution in [-0.4, -0.2) is 28.5 Å². The Kier molecular flexibility index (Phi) is 4.15. The van der Waals surface area contributed by atoms with E-state index in [0.717, 1.165) is 23.4 Å². The standard InChI is InChI=1S/C19H22N4OS/c1-11-8-9-13(12(2)10-11)17-20-15-7-5-4-6-14(15)16-18(24)21-19(25-3)22-23(16)17/h4-8,12-13,17H,9-10H2,1-3H3,(H,21,22,24)/t12-,13+,17+/m1/s1. The second-order valence-electron chi connectivity index (χ2n) is 6.95. The van der Waals surface area contributed by atoms with Crippen molar-refractivity contribution in [3.8, 4) is 0 Å². The summed E-state index contributed by atoms with van der Waals surface area (Å²) in [7, 11) is 0. The molecule has 1 aromatic rings. The van der Waals surface area contributed by atoms with Gasteiger partial charge in [0.1, 0.15) is 11.9 Å². The zero-order valence-electron chi connectivity index (χ0n) is 14.7. The van der Waals surface area contributed by atoms with Crippen LogP contribution in [0.4, 0.5) is 0 Å². The van der Waals surface area contributed by atoms with Crippen molar-refractivity contribution in [2.24, 2.45) is 21.9 Å². The van der Waals surface area contributed by atoms with Crippen molar-refractivity contribution in [1.82, 2.24) is 10.3 Å². The molecule has 0 radical (unpaired) electrons. The first-order valence-electron chi connectivity index (χ1n) is 8.64. The van der Waals surface area contributed by atoms with Crippen molar-refractivity contribution in [2.45, 2.75) is 32.9 Å². The fraction of sp³-hybridized carbons (Fsp3) is 0.421. The highest BCUT2D eigenvalue weighted by Gasteiger charge is 2.39. The van der Waals surface area contributed by atoms with Crippen LogP contribution in [0.3, 0.4) is 0 Å². The molecule has 130 valence electrons. The number of nitrogens with one attached hydrogen (secondary N) is 1. The highest BCUT2D eigenvalue weighted by molar-refractivity contribution is 8.13. The Balaban J connectivity index is 1.89. The lowest BCUT2D eigenvalue weighted by Gasteiger charge is -2.40. The summed E-state index contributed by atoms with van der Waals surface area (Å²) in [6.07, 6.45) is 6.14. The lowest BCUT2D eigenvalue weighted by molar-refractivity contribution is -0.116. The molecule has 1 N–H and O–H groups in total. The third kappa shape index (κ3) is 2.78. The number of benzene rings is 1. The van der Waals surface area contributed by atoms with Crippen LogP contribution in [0.1, 0.15) is 26.7 Å². The molecule has 6 heteroatoms. The number of amidine groups is 1. The van der Waals surface area contributed by atoms with Gasteiger partial charge in [-0.1, -0.05) is 48.5 Å². The normalized spacial score (nSPS) is 28.3. The summed E-state index contributed by atoms with van der Waals surface area (Å²) in [5, 5.41) is 11.8. The van der Waals surface area contributed by atoms with Gasteiger partial charge in [0.2, 0.25) is 0 Å². The number of fused-ring (bicyclic) bond motifs is 2. The van der Waals surface area contributed by atoms with Crippen molar-refractivity contribution in [3.05, 3.63) is 46.5 Å². The molecule has 2 heterocycles. The Morgan fingerprint density at radius 2 is 2.12 bits per heavy atom. The van der Waals surface area contributed by atoms with E-state index >= 15 is 0 Å². The fourth-order valence-corrected chi connectivity index (χ4v) is 4.32. The SMILES string of the molecule is CSC1=NN2C(=c3ccccc3=N[C@@H]2[C@H]2CC=C(C)C[C@H]2C)C(=O)N1. The molecule has 3 atom stereocenters. The van der Waals surface area contributed by atoms with Crippen molar-refractivity contribution in [2.75, 3.05) is 6.26 Å². The van der Waals surface area contributed by atoms with E-state index in [1.54, 1.807) is 0 Å². The molecule has 0 fully saturated rings. The zero-order valence-corrected chi connectivity index (χ0v) is 15.5. The maximum atomic E-state index is 12.8. The number of allylic oxidation sites excluding steroid dienone is 2. The Morgan fingerprint density at radius 3 is 2.88 bits per heavy atom. The molecule has 0 bridgehead atoms. The zero-order chi connectivity index (χ0) is 17.6. The van der Waals surface area contributed by atoms with E-state index in [4.69, 9.17) is 10.1 Å². The van der Waals surface area contributed by atoms with E-state index in [9.17, 15) is 4.79 Å². The Hall–Kier alpha value is -2.08. The third-order valence-corrected chi connectivity index (χ3v) is 5.80. The molecule has 0 aromatic heterocycles. The number of hydrogen-bond donors (Lipinski definition) is 1. The average Bonchev–Trinajstić information content (AvgIpc) is 2.61. The number of amides is 1. The van der Waals surface area contributed by atoms with Gasteiger partial charge in [0.15, 0.2) is 5.17 Å². The highest BCUT2D eigenvalue weighted by atomic mass is 32.2. The van der Waals surface area contributed by atoms with Gasteiger partial charge in [0.25, 0.3) is 5.91 Å². The molecule has 0 spiro atoms. The van der Waals surface area contributed by atoms with Crippen LogP contribution in [0.5, 0.6) is 0 Å². The third-order valence-electron chi connectivity index (χ3n) is 5.23. The number of hydrazone groups is 1. The topological polar surface area (TPSA) is 57.1 Å². The maximum Gasteiger partial charge on any atom is 0.276 e. The van der Waals surface area contributed by atoms with Gasteiger partial charge in [-0.2, -0.15) is 0 Å². The number of nitrogens with zero attached hydrogens (tertiary/aromatic N) is 3. The van der Waals surface area contributed by atoms with Gasteiger partial charge in [0, 0.05) is 11.1 Å². The van der Waals surface area contributed by atoms with Crippen LogP contribution in [0.25, 0.3) is 5.70 Å². The summed E-state index contributed by atoms with van der Waals surface area (Å²) in [5.74, 6) is 0.745. The lowest BCUT2D eigenvalue weighted by atomic mass is 9.79. The summed E-state index contributed by atoms with van der Waals surface area (Å²) in [6.45, 7) is 4.47. The number of para-hydroxylation sites is 1. The molecule has 1 amide bonds. The van der Waals surface area contributed by atoms with Gasteiger partial charge in [0.05, 0.1) is 5.36 Å². The van der Waals surface area contributed by atoms with Gasteiger partial charge in [-0.15, -0.1) is 5.10 Å². The first-order valence-corrected chi connectivity index (χ1v) is 9.87. The Morgan fingerprint density at radius 1 is 1.32 bits per heavy atom. The molecule has 0 saturated heterocycles. The van der Waals surface area contributed by atoms with E-state index < -0.39 is 0 Å². The number of rotatable bonds is 1. The first kappa shape index (κ1) is 16.4. The fourth-order valence-electron chi connectivity index (χ4n) is 3.95. The number of hydrogen-bond acceptors (Lipinski definition) is 5. The second-order valence-corrected chi connectivity index (χ2v) is 7.74. The molecule has 5 nitrogen and oxygen atoms in total. The second kappa shape index (κ2) is 6.33. The first-order chi connectivity index (χ1) is 12.1. The van der Waals surface area contributed by atoms with E-state index in [2.05, 4.69) is 25.2 Å². The molecule has 2 aliphatic heterocycles. The molecule has 4 rings (SSSR count). The number of thioether (sulfide) groups is 1. The number of carbonyl (C=O) groups excluding carboxylic acids is 1. The summed E-state index contributed by atoms with van der Waals surface area (Å²) in [5.41, 5.74) is 2.06. The van der Waals surface area contributed by atoms with Gasteiger partial charge in [-0.05, 0) is 38.0 Å². The van der Waals surface area contributed by atoms with Crippen LogP contribution in [0.15, 0.2) is 46.0 Å². The smallest absolute Gasteiger partial charge is 0.276 e. The van der Waals surface area contributed by atoms with Crippen LogP contribution >= 0.6 is 11.8 Å². The summed E-state index contributed by atoms with van der Waals surface area (Å²) in [6, 6.07) is 7.85. The minimum Gasteiger partial charge on any atom is -0.298 e. The summed E-state index contributed by atoms with van der Waals surface area (Å²) < 4.78 is 0. The highest BCUT2D eigenvalue weighted by Crippen LogP contribution is 2.36. The Labute approximate surface area is 151 Å². The number of carbonyl (C=O) groups is 1. The van der Waals surface area contributed by atoms with Crippen LogP contribution in [-0.2, 0) is 4.79 Å². The predicted molar refractivity (Wildman–Crippen MR) is 101 cm³/mol. The van der Waals surface area contributed by atoms with Crippen LogP contribution in [0.2, 0.25) is 0 Å². The molecule has 1 aromatic carbocycles. The predicted octanol–water partition coefficient (Wildman–Crippen LogP) is 1.81. The average molecular weight is 354 g/mol. The Bertz CT molecular complexity index is 904. The summed E-state index contributed by atoms with van der Waals surface area (Å²) >= 11 is 1.45. The van der Waals surface area contributed by atoms with E-state index in [1.165, 1.54) is 17.3 Å². The van der Waals surface area contributed by atoms with Crippen LogP contribution in [0, 0.1) is 11.8 Å². The lowest BCUT2D eigenvalue weighted by Crippen LogP contribution is -2.55. The minimum atomic E-state index is -0.141. The quantitative estimate of drug-likeness (QED) is 0.783. The van der Waals surface area contributed by atoms with E-state index in [-0.39, 0.29) is 12.1 Å². The van der Waals surface area contributed by atoms with Gasteiger partial charge in [-0.25, -0.2) is 5.01 Å². The van der Waals surface area contributed by atoms with Crippen molar-refractivity contribution in [3.63, 3.8) is 0 Å².